The number of piperidine rings is 1. The molecule has 0 aliphatic carbocycles. The molecule has 0 bridgehead atoms. The Bertz CT molecular complexity index is 638. The average molecular weight is 358 g/mol. The second-order valence-corrected chi connectivity index (χ2v) is 7.43. The molecule has 1 saturated heterocycles. The fraction of sp³-hybridized carbons (Fsp3) is 0.474. The summed E-state index contributed by atoms with van der Waals surface area (Å²) >= 11 is 1.36. The number of pyridine rings is 2. The Morgan fingerprint density at radius 3 is 2.00 bits per heavy atom. The second-order valence-electron chi connectivity index (χ2n) is 6.70. The van der Waals surface area contributed by atoms with Crippen molar-refractivity contribution < 1.29 is 0 Å². The van der Waals surface area contributed by atoms with Crippen molar-refractivity contribution in [2.24, 2.45) is 5.14 Å². The van der Waals surface area contributed by atoms with Crippen LogP contribution in [0.25, 0.3) is 0 Å². The van der Waals surface area contributed by atoms with Crippen LogP contribution in [0.1, 0.15) is 35.4 Å². The molecule has 1 aliphatic rings. The predicted molar refractivity (Wildman–Crippen MR) is 104 cm³/mol. The quantitative estimate of drug-likeness (QED) is 0.802. The fourth-order valence-corrected chi connectivity index (χ4v) is 3.80. The van der Waals surface area contributed by atoms with Crippen LogP contribution < -0.4 is 5.14 Å². The first-order chi connectivity index (χ1) is 12.2. The molecule has 3 heterocycles. The van der Waals surface area contributed by atoms with E-state index in [4.69, 9.17) is 5.14 Å². The van der Waals surface area contributed by atoms with Crippen molar-refractivity contribution in [3.05, 3.63) is 59.2 Å². The average Bonchev–Trinajstić information content (AvgIpc) is 2.65. The fourth-order valence-electron chi connectivity index (χ4n) is 3.38. The van der Waals surface area contributed by atoms with Gasteiger partial charge in [0.05, 0.1) is 11.4 Å². The molecule has 25 heavy (non-hydrogen) atoms. The Balaban J connectivity index is 1.78. The molecule has 0 radical (unpaired) electrons. The summed E-state index contributed by atoms with van der Waals surface area (Å²) in [7, 11) is 0. The highest BCUT2D eigenvalue weighted by Crippen LogP contribution is 2.23. The Hall–Kier alpha value is -1.47. The van der Waals surface area contributed by atoms with Crippen molar-refractivity contribution in [1.29, 1.82) is 0 Å². The number of rotatable bonds is 6. The van der Waals surface area contributed by atoms with Crippen LogP contribution in [-0.4, -0.2) is 38.3 Å². The molecular formula is C19H27N5S. The van der Waals surface area contributed by atoms with Crippen LogP contribution in [0.3, 0.4) is 0 Å². The Morgan fingerprint density at radius 2 is 1.56 bits per heavy atom. The maximum Gasteiger partial charge on any atom is 0.0573 e. The molecule has 1 aliphatic heterocycles. The number of hydrogen-bond donors (Lipinski definition) is 1. The molecular weight excluding hydrogens is 330 g/mol. The third kappa shape index (κ3) is 4.79. The minimum atomic E-state index is 0.534. The summed E-state index contributed by atoms with van der Waals surface area (Å²) in [6, 6.07) is 8.82. The highest BCUT2D eigenvalue weighted by Gasteiger charge is 2.26. The topological polar surface area (TPSA) is 58.3 Å². The smallest absolute Gasteiger partial charge is 0.0573 e. The summed E-state index contributed by atoms with van der Waals surface area (Å²) in [5.74, 6) is 0. The molecule has 0 saturated carbocycles. The van der Waals surface area contributed by atoms with Crippen molar-refractivity contribution >= 4 is 12.1 Å². The predicted octanol–water partition coefficient (Wildman–Crippen LogP) is 3.08. The molecule has 0 atom stereocenters. The van der Waals surface area contributed by atoms with Gasteiger partial charge >= 0.3 is 0 Å². The van der Waals surface area contributed by atoms with Gasteiger partial charge in [-0.15, -0.1) is 0 Å². The van der Waals surface area contributed by atoms with Crippen LogP contribution in [0.4, 0.5) is 0 Å². The Labute approximate surface area is 154 Å². The van der Waals surface area contributed by atoms with Crippen LogP contribution in [0.2, 0.25) is 0 Å². The first-order valence-electron chi connectivity index (χ1n) is 8.84. The lowest BCUT2D eigenvalue weighted by molar-refractivity contribution is 0.124. The highest BCUT2D eigenvalue weighted by molar-refractivity contribution is 7.94. The van der Waals surface area contributed by atoms with Crippen LogP contribution >= 0.6 is 12.1 Å². The molecule has 0 aromatic carbocycles. The van der Waals surface area contributed by atoms with E-state index >= 15 is 0 Å². The van der Waals surface area contributed by atoms with Gasteiger partial charge in [0.15, 0.2) is 0 Å². The van der Waals surface area contributed by atoms with E-state index in [1.54, 1.807) is 0 Å². The van der Waals surface area contributed by atoms with E-state index < -0.39 is 0 Å². The van der Waals surface area contributed by atoms with E-state index in [-0.39, 0.29) is 0 Å². The number of aryl methyl sites for hydroxylation is 2. The third-order valence-electron chi connectivity index (χ3n) is 5.03. The molecule has 134 valence electrons. The van der Waals surface area contributed by atoms with Gasteiger partial charge < -0.3 is 0 Å². The third-order valence-corrected chi connectivity index (χ3v) is 5.69. The second kappa shape index (κ2) is 8.76. The van der Waals surface area contributed by atoms with Gasteiger partial charge in [-0.05, 0) is 49.9 Å². The van der Waals surface area contributed by atoms with Gasteiger partial charge in [0.2, 0.25) is 0 Å². The minimum absolute atomic E-state index is 0.534. The molecule has 3 rings (SSSR count). The maximum absolute atomic E-state index is 5.72. The largest absolute Gasteiger partial charge is 0.289 e. The lowest BCUT2D eigenvalue weighted by atomic mass is 10.0. The highest BCUT2D eigenvalue weighted by atomic mass is 32.2. The van der Waals surface area contributed by atoms with Crippen LogP contribution in [0.15, 0.2) is 36.7 Å². The maximum atomic E-state index is 5.72. The van der Waals surface area contributed by atoms with Gasteiger partial charge in [0.25, 0.3) is 0 Å². The Morgan fingerprint density at radius 1 is 1.04 bits per heavy atom. The molecule has 1 fully saturated rings. The van der Waals surface area contributed by atoms with Crippen molar-refractivity contribution in [2.45, 2.75) is 45.8 Å². The van der Waals surface area contributed by atoms with Crippen LogP contribution in [0, 0.1) is 13.8 Å². The summed E-state index contributed by atoms with van der Waals surface area (Å²) in [6.07, 6.45) is 6.03. The van der Waals surface area contributed by atoms with E-state index in [0.29, 0.717) is 6.04 Å². The summed E-state index contributed by atoms with van der Waals surface area (Å²) in [5.41, 5.74) is 4.82. The molecule has 2 N–H and O–H groups in total. The molecule has 0 unspecified atom stereocenters. The summed E-state index contributed by atoms with van der Waals surface area (Å²) in [4.78, 5) is 11.8. The van der Waals surface area contributed by atoms with E-state index in [1.807, 2.05) is 24.5 Å². The molecule has 6 heteroatoms. The van der Waals surface area contributed by atoms with Crippen molar-refractivity contribution in [2.75, 3.05) is 13.1 Å². The zero-order chi connectivity index (χ0) is 17.6. The van der Waals surface area contributed by atoms with Crippen molar-refractivity contribution in [1.82, 2.24) is 19.2 Å². The number of nitrogens with two attached hydrogens (primary N) is 1. The molecule has 2 aromatic heterocycles. The van der Waals surface area contributed by atoms with Gasteiger partial charge in [0, 0.05) is 56.7 Å². The van der Waals surface area contributed by atoms with Crippen molar-refractivity contribution in [3.8, 4) is 0 Å². The summed E-state index contributed by atoms with van der Waals surface area (Å²) in [6.45, 7) is 8.07. The van der Waals surface area contributed by atoms with E-state index in [0.717, 1.165) is 50.4 Å². The van der Waals surface area contributed by atoms with Gasteiger partial charge in [-0.25, -0.2) is 4.31 Å². The number of hydrogen-bond acceptors (Lipinski definition) is 6. The van der Waals surface area contributed by atoms with E-state index in [9.17, 15) is 0 Å². The van der Waals surface area contributed by atoms with Crippen LogP contribution in [0.5, 0.6) is 0 Å². The van der Waals surface area contributed by atoms with Gasteiger partial charge in [-0.2, -0.15) is 0 Å². The molecule has 2 aromatic rings. The molecule has 0 amide bonds. The molecule has 5 nitrogen and oxygen atoms in total. The minimum Gasteiger partial charge on any atom is -0.289 e. The molecule has 0 spiro atoms. The van der Waals surface area contributed by atoms with Gasteiger partial charge in [0.1, 0.15) is 0 Å². The standard InChI is InChI=1S/C19H27N5S/c1-15-5-3-9-21-18(15)13-23(14-19-16(2)6-4-10-22-19)17-7-11-24(25-20)12-8-17/h3-6,9-10,17H,7-8,11-14,20H2,1-2H3. The lowest BCUT2D eigenvalue weighted by Gasteiger charge is -2.37. The zero-order valence-electron chi connectivity index (χ0n) is 15.1. The lowest BCUT2D eigenvalue weighted by Crippen LogP contribution is -2.43. The Kier molecular flexibility index (Phi) is 6.42. The number of aromatic nitrogens is 2. The SMILES string of the molecule is Cc1cccnc1CN(Cc1ncccc1C)C1CCN(SN)CC1. The van der Waals surface area contributed by atoms with Crippen LogP contribution in [-0.2, 0) is 13.1 Å². The summed E-state index contributed by atoms with van der Waals surface area (Å²) < 4.78 is 2.24. The summed E-state index contributed by atoms with van der Waals surface area (Å²) in [5, 5.41) is 5.72. The van der Waals surface area contributed by atoms with E-state index in [1.165, 1.54) is 23.3 Å². The van der Waals surface area contributed by atoms with Gasteiger partial charge in [-0.3, -0.25) is 20.0 Å². The first-order valence-corrected chi connectivity index (χ1v) is 9.68. The zero-order valence-corrected chi connectivity index (χ0v) is 15.9. The normalized spacial score (nSPS) is 16.5. The van der Waals surface area contributed by atoms with Gasteiger partial charge in [-0.1, -0.05) is 12.1 Å². The van der Waals surface area contributed by atoms with Crippen molar-refractivity contribution in [3.63, 3.8) is 0 Å². The van der Waals surface area contributed by atoms with E-state index in [2.05, 4.69) is 45.2 Å². The monoisotopic (exact) mass is 357 g/mol. The number of nitrogens with zero attached hydrogens (tertiary/aromatic N) is 4. The first kappa shape index (κ1) is 18.3.